The summed E-state index contributed by atoms with van der Waals surface area (Å²) in [6.07, 6.45) is 6.85. The molecule has 0 saturated heterocycles. The Labute approximate surface area is 197 Å². The van der Waals surface area contributed by atoms with Crippen molar-refractivity contribution in [3.05, 3.63) is 66.2 Å². The number of allylic oxidation sites excluding steroid dienone is 1. The molecule has 4 rings (SSSR count). The number of rotatable bonds is 8. The molecule has 0 atom stereocenters. The van der Waals surface area contributed by atoms with E-state index in [4.69, 9.17) is 9.47 Å². The lowest BCUT2D eigenvalue weighted by Gasteiger charge is -2.40. The maximum absolute atomic E-state index is 15.3. The zero-order valence-electron chi connectivity index (χ0n) is 19.4. The van der Waals surface area contributed by atoms with E-state index < -0.39 is 23.4 Å². The number of nitrogens with one attached hydrogen (secondary N) is 1. The summed E-state index contributed by atoms with van der Waals surface area (Å²) in [6, 6.07) is 2.42. The summed E-state index contributed by atoms with van der Waals surface area (Å²) < 4.78 is 40.7. The summed E-state index contributed by atoms with van der Waals surface area (Å²) in [5, 5.41) is 3.11. The monoisotopic (exact) mass is 470 g/mol. The third kappa shape index (κ3) is 4.18. The van der Waals surface area contributed by atoms with Gasteiger partial charge in [0.05, 0.1) is 38.7 Å². The molecule has 7 nitrogen and oxygen atoms in total. The van der Waals surface area contributed by atoms with Crippen molar-refractivity contribution in [1.29, 1.82) is 0 Å². The number of pyridine rings is 1. The first kappa shape index (κ1) is 23.5. The van der Waals surface area contributed by atoms with Gasteiger partial charge in [0.25, 0.3) is 0 Å². The molecule has 1 fully saturated rings. The minimum atomic E-state index is -0.958. The van der Waals surface area contributed by atoms with Gasteiger partial charge in [-0.25, -0.2) is 13.6 Å². The van der Waals surface area contributed by atoms with Crippen molar-refractivity contribution in [3.63, 3.8) is 0 Å². The Morgan fingerprint density at radius 1 is 1.21 bits per heavy atom. The van der Waals surface area contributed by atoms with Crippen LogP contribution in [0.15, 0.2) is 43.3 Å². The Hall–Kier alpha value is -3.62. The number of urea groups is 1. The second-order valence-electron chi connectivity index (χ2n) is 8.32. The number of anilines is 2. The van der Waals surface area contributed by atoms with Gasteiger partial charge in [0.1, 0.15) is 5.69 Å². The van der Waals surface area contributed by atoms with E-state index in [0.717, 1.165) is 36.6 Å². The predicted molar refractivity (Wildman–Crippen MR) is 126 cm³/mol. The first-order valence-electron chi connectivity index (χ1n) is 11.1. The predicted octanol–water partition coefficient (Wildman–Crippen LogP) is 5.06. The van der Waals surface area contributed by atoms with E-state index in [0.29, 0.717) is 29.2 Å². The smallest absolute Gasteiger partial charge is 0.329 e. The van der Waals surface area contributed by atoms with E-state index in [1.807, 2.05) is 6.07 Å². The molecule has 2 aliphatic rings. The molecule has 1 aliphatic carbocycles. The van der Waals surface area contributed by atoms with Crippen LogP contribution in [0.4, 0.5) is 25.0 Å². The van der Waals surface area contributed by atoms with Gasteiger partial charge in [-0.15, -0.1) is 0 Å². The number of benzene rings is 1. The highest BCUT2D eigenvalue weighted by Crippen LogP contribution is 2.42. The maximum atomic E-state index is 15.3. The molecule has 1 aliphatic heterocycles. The molecule has 1 aromatic heterocycles. The Bertz CT molecular complexity index is 1100. The molecule has 0 radical (unpaired) electrons. The summed E-state index contributed by atoms with van der Waals surface area (Å²) in [5.74, 6) is -2.33. The Morgan fingerprint density at radius 3 is 2.44 bits per heavy atom. The van der Waals surface area contributed by atoms with E-state index in [2.05, 4.69) is 23.5 Å². The van der Waals surface area contributed by atoms with Crippen LogP contribution in [-0.4, -0.2) is 31.3 Å². The molecule has 2 aromatic rings. The molecule has 0 bridgehead atoms. The van der Waals surface area contributed by atoms with Crippen LogP contribution < -0.4 is 24.6 Å². The van der Waals surface area contributed by atoms with Crippen molar-refractivity contribution in [2.75, 3.05) is 24.0 Å². The minimum Gasteiger partial charge on any atom is -0.493 e. The lowest BCUT2D eigenvalue weighted by molar-refractivity contribution is 0.247. The average Bonchev–Trinajstić information content (AvgIpc) is 3.37. The SMILES string of the molecule is C=CC(=C)NCc1cc2c(cn1)CN(c1c(F)c(OC)cc(OC)c1F)C(=O)N2C1CCCC1. The Balaban J connectivity index is 1.79. The molecule has 0 spiro atoms. The van der Waals surface area contributed by atoms with Crippen LogP contribution in [0.3, 0.4) is 0 Å². The van der Waals surface area contributed by atoms with E-state index >= 15 is 8.78 Å². The van der Waals surface area contributed by atoms with Gasteiger partial charge in [-0.3, -0.25) is 14.8 Å². The van der Waals surface area contributed by atoms with Gasteiger partial charge in [0, 0.05) is 29.6 Å². The van der Waals surface area contributed by atoms with Crippen LogP contribution in [0.2, 0.25) is 0 Å². The van der Waals surface area contributed by atoms with Crippen molar-refractivity contribution in [1.82, 2.24) is 10.3 Å². The summed E-state index contributed by atoms with van der Waals surface area (Å²) in [5.41, 5.74) is 2.28. The number of methoxy groups -OCH3 is 2. The summed E-state index contributed by atoms with van der Waals surface area (Å²) in [6.45, 7) is 7.88. The fourth-order valence-electron chi connectivity index (χ4n) is 4.50. The molecular formula is C25H28F2N4O3. The molecule has 9 heteroatoms. The first-order chi connectivity index (χ1) is 16.4. The van der Waals surface area contributed by atoms with Crippen molar-refractivity contribution in [3.8, 4) is 11.5 Å². The molecule has 0 unspecified atom stereocenters. The molecule has 1 saturated carbocycles. The van der Waals surface area contributed by atoms with Crippen LogP contribution in [0, 0.1) is 11.6 Å². The summed E-state index contributed by atoms with van der Waals surface area (Å²) >= 11 is 0. The highest BCUT2D eigenvalue weighted by molar-refractivity contribution is 6.07. The summed E-state index contributed by atoms with van der Waals surface area (Å²) in [7, 11) is 2.55. The number of amides is 2. The number of hydrogen-bond donors (Lipinski definition) is 1. The number of carbonyl (C=O) groups is 1. The van der Waals surface area contributed by atoms with Crippen molar-refractivity contribution < 1.29 is 23.0 Å². The van der Waals surface area contributed by atoms with E-state index in [-0.39, 0.29) is 24.1 Å². The molecule has 2 heterocycles. The van der Waals surface area contributed by atoms with E-state index in [1.165, 1.54) is 14.2 Å². The van der Waals surface area contributed by atoms with Crippen LogP contribution >= 0.6 is 0 Å². The van der Waals surface area contributed by atoms with Crippen molar-refractivity contribution >= 4 is 17.4 Å². The van der Waals surface area contributed by atoms with Crippen LogP contribution in [0.5, 0.6) is 11.5 Å². The average molecular weight is 471 g/mol. The second kappa shape index (κ2) is 9.70. The van der Waals surface area contributed by atoms with Gasteiger partial charge in [0.15, 0.2) is 23.1 Å². The van der Waals surface area contributed by atoms with Crippen LogP contribution in [-0.2, 0) is 13.1 Å². The van der Waals surface area contributed by atoms with Gasteiger partial charge in [-0.05, 0) is 25.0 Å². The quantitative estimate of drug-likeness (QED) is 0.547. The Kier molecular flexibility index (Phi) is 6.72. The van der Waals surface area contributed by atoms with Crippen LogP contribution in [0.25, 0.3) is 0 Å². The van der Waals surface area contributed by atoms with Gasteiger partial charge < -0.3 is 14.8 Å². The van der Waals surface area contributed by atoms with Gasteiger partial charge in [-0.1, -0.05) is 26.0 Å². The fourth-order valence-corrected chi connectivity index (χ4v) is 4.50. The topological polar surface area (TPSA) is 66.9 Å². The zero-order valence-corrected chi connectivity index (χ0v) is 19.4. The normalized spacial score (nSPS) is 15.8. The van der Waals surface area contributed by atoms with Gasteiger partial charge in [0.2, 0.25) is 0 Å². The number of fused-ring (bicyclic) bond motifs is 1. The highest BCUT2D eigenvalue weighted by atomic mass is 19.1. The molecule has 180 valence electrons. The molecule has 2 amide bonds. The minimum absolute atomic E-state index is 0.0401. The molecule has 1 N–H and O–H groups in total. The Morgan fingerprint density at radius 2 is 1.85 bits per heavy atom. The standard InChI is InChI=1S/C25H28F2N4O3/c1-5-15(2)28-13-17-10-19-16(12-29-17)14-30(25(32)31(19)18-8-6-7-9-18)24-22(26)20(33-3)11-21(34-4)23(24)27/h5,10-12,18,28H,1-2,6-9,13-14H2,3-4H3. The number of carbonyl (C=O) groups excluding carboxylic acids is 1. The number of hydrogen-bond acceptors (Lipinski definition) is 5. The number of ether oxygens (including phenoxy) is 2. The fraction of sp³-hybridized carbons (Fsp3) is 0.360. The first-order valence-corrected chi connectivity index (χ1v) is 11.1. The number of halogens is 2. The molecule has 1 aromatic carbocycles. The van der Waals surface area contributed by atoms with Crippen molar-refractivity contribution in [2.24, 2.45) is 0 Å². The largest absolute Gasteiger partial charge is 0.493 e. The van der Waals surface area contributed by atoms with Gasteiger partial charge >= 0.3 is 6.03 Å². The number of aromatic nitrogens is 1. The molecule has 34 heavy (non-hydrogen) atoms. The van der Waals surface area contributed by atoms with E-state index in [1.54, 1.807) is 17.2 Å². The van der Waals surface area contributed by atoms with E-state index in [9.17, 15) is 4.79 Å². The zero-order chi connectivity index (χ0) is 24.4. The third-order valence-electron chi connectivity index (χ3n) is 6.30. The number of nitrogens with zero attached hydrogens (tertiary/aromatic N) is 3. The van der Waals surface area contributed by atoms with Gasteiger partial charge in [-0.2, -0.15) is 0 Å². The second-order valence-corrected chi connectivity index (χ2v) is 8.32. The molecular weight excluding hydrogens is 442 g/mol. The highest BCUT2D eigenvalue weighted by Gasteiger charge is 2.40. The third-order valence-corrected chi connectivity index (χ3v) is 6.30. The van der Waals surface area contributed by atoms with Crippen LogP contribution in [0.1, 0.15) is 36.9 Å². The maximum Gasteiger partial charge on any atom is 0.329 e. The lowest BCUT2D eigenvalue weighted by atomic mass is 10.1. The lowest BCUT2D eigenvalue weighted by Crippen LogP contribution is -2.52. The summed E-state index contributed by atoms with van der Waals surface area (Å²) in [4.78, 5) is 21.0. The van der Waals surface area contributed by atoms with Crippen molar-refractivity contribution in [2.45, 2.75) is 44.8 Å².